The second kappa shape index (κ2) is 7.32. The average Bonchev–Trinajstić information content (AvgIpc) is 2.95. The van der Waals surface area contributed by atoms with Crippen LogP contribution in [-0.2, 0) is 5.75 Å². The first kappa shape index (κ1) is 16.3. The smallest absolute Gasteiger partial charge is 0.151 e. The van der Waals surface area contributed by atoms with E-state index in [4.69, 9.17) is 4.74 Å². The molecular formula is C18H20N2OS2. The minimum atomic E-state index is 0.517. The zero-order valence-corrected chi connectivity index (χ0v) is 15.2. The number of hydrogen-bond acceptors (Lipinski definition) is 5. The second-order valence-electron chi connectivity index (χ2n) is 5.82. The second-order valence-corrected chi connectivity index (χ2v) is 8.07. The van der Waals surface area contributed by atoms with Gasteiger partial charge < -0.3 is 4.74 Å². The largest absolute Gasteiger partial charge is 0.493 e. The molecule has 0 spiro atoms. The van der Waals surface area contributed by atoms with Gasteiger partial charge in [-0.05, 0) is 31.0 Å². The summed E-state index contributed by atoms with van der Waals surface area (Å²) in [5, 5.41) is 0. The van der Waals surface area contributed by atoms with Crippen LogP contribution in [0.3, 0.4) is 0 Å². The molecule has 2 aromatic heterocycles. The van der Waals surface area contributed by atoms with Crippen molar-refractivity contribution in [2.24, 2.45) is 5.92 Å². The van der Waals surface area contributed by atoms with E-state index in [-0.39, 0.29) is 0 Å². The fourth-order valence-electron chi connectivity index (χ4n) is 2.16. The Morgan fingerprint density at radius 2 is 2.04 bits per heavy atom. The zero-order valence-electron chi connectivity index (χ0n) is 13.6. The Hall–Kier alpha value is -1.59. The van der Waals surface area contributed by atoms with E-state index in [9.17, 15) is 0 Å². The molecule has 0 amide bonds. The third kappa shape index (κ3) is 4.03. The molecule has 1 aromatic carbocycles. The maximum absolute atomic E-state index is 5.88. The molecular weight excluding hydrogens is 324 g/mol. The Kier molecular flexibility index (Phi) is 5.18. The lowest BCUT2D eigenvalue weighted by Crippen LogP contribution is -2.06. The van der Waals surface area contributed by atoms with E-state index >= 15 is 0 Å². The van der Waals surface area contributed by atoms with Crippen molar-refractivity contribution in [3.05, 3.63) is 47.8 Å². The number of aromatic nitrogens is 2. The summed E-state index contributed by atoms with van der Waals surface area (Å²) >= 11 is 3.47. The lowest BCUT2D eigenvalue weighted by atomic mass is 10.2. The minimum absolute atomic E-state index is 0.517. The third-order valence-electron chi connectivity index (χ3n) is 3.44. The molecule has 0 saturated carbocycles. The first-order valence-electron chi connectivity index (χ1n) is 7.69. The van der Waals surface area contributed by atoms with Gasteiger partial charge in [-0.15, -0.1) is 11.3 Å². The standard InChI is InChI=1S/C18H20N2OS2/c1-12(2)10-21-16-8-9-19-15(13(16)3)11-22-18-20-14-6-4-5-7-17(14)23-18/h4-9,12H,10-11H2,1-3H3. The molecule has 0 saturated heterocycles. The Labute approximate surface area is 145 Å². The van der Waals surface area contributed by atoms with Crippen LogP contribution in [-0.4, -0.2) is 16.6 Å². The summed E-state index contributed by atoms with van der Waals surface area (Å²) in [6, 6.07) is 10.2. The van der Waals surface area contributed by atoms with Gasteiger partial charge in [-0.25, -0.2) is 4.98 Å². The maximum Gasteiger partial charge on any atom is 0.151 e. The zero-order chi connectivity index (χ0) is 16.2. The molecule has 3 nitrogen and oxygen atoms in total. The van der Waals surface area contributed by atoms with Gasteiger partial charge in [0.1, 0.15) is 5.75 Å². The summed E-state index contributed by atoms with van der Waals surface area (Å²) < 4.78 is 8.19. The van der Waals surface area contributed by atoms with E-state index in [1.807, 2.05) is 18.3 Å². The number of benzene rings is 1. The summed E-state index contributed by atoms with van der Waals surface area (Å²) in [5.41, 5.74) is 3.26. The van der Waals surface area contributed by atoms with Crippen molar-refractivity contribution in [1.82, 2.24) is 9.97 Å². The lowest BCUT2D eigenvalue weighted by Gasteiger charge is -2.13. The number of nitrogens with zero attached hydrogens (tertiary/aromatic N) is 2. The number of para-hydroxylation sites is 1. The van der Waals surface area contributed by atoms with E-state index < -0.39 is 0 Å². The number of thiazole rings is 1. The van der Waals surface area contributed by atoms with Gasteiger partial charge in [0.2, 0.25) is 0 Å². The molecule has 120 valence electrons. The van der Waals surface area contributed by atoms with Crippen LogP contribution in [0.4, 0.5) is 0 Å². The molecule has 5 heteroatoms. The Morgan fingerprint density at radius 1 is 1.22 bits per heavy atom. The van der Waals surface area contributed by atoms with Gasteiger partial charge in [0, 0.05) is 17.5 Å². The SMILES string of the molecule is Cc1c(OCC(C)C)ccnc1CSc1nc2ccccc2s1. The van der Waals surface area contributed by atoms with Crippen LogP contribution in [0.15, 0.2) is 40.9 Å². The monoisotopic (exact) mass is 344 g/mol. The maximum atomic E-state index is 5.88. The third-order valence-corrected chi connectivity index (χ3v) is 5.63. The van der Waals surface area contributed by atoms with Crippen LogP contribution in [0.1, 0.15) is 25.1 Å². The van der Waals surface area contributed by atoms with Gasteiger partial charge in [-0.1, -0.05) is 37.7 Å². The predicted molar refractivity (Wildman–Crippen MR) is 98.5 cm³/mol. The molecule has 0 fully saturated rings. The van der Waals surface area contributed by atoms with Crippen molar-refractivity contribution in [3.63, 3.8) is 0 Å². The lowest BCUT2D eigenvalue weighted by molar-refractivity contribution is 0.269. The molecule has 3 aromatic rings. The molecule has 0 bridgehead atoms. The first-order valence-corrected chi connectivity index (χ1v) is 9.49. The number of rotatable bonds is 6. The van der Waals surface area contributed by atoms with Crippen molar-refractivity contribution >= 4 is 33.3 Å². The van der Waals surface area contributed by atoms with Crippen LogP contribution in [0.25, 0.3) is 10.2 Å². The van der Waals surface area contributed by atoms with E-state index in [0.717, 1.165) is 39.2 Å². The fraction of sp³-hybridized carbons (Fsp3) is 0.333. The van der Waals surface area contributed by atoms with Crippen LogP contribution in [0.2, 0.25) is 0 Å². The van der Waals surface area contributed by atoms with Crippen molar-refractivity contribution in [2.75, 3.05) is 6.61 Å². The number of pyridine rings is 1. The Morgan fingerprint density at radius 3 is 2.83 bits per heavy atom. The van der Waals surface area contributed by atoms with E-state index in [2.05, 4.69) is 48.9 Å². The minimum Gasteiger partial charge on any atom is -0.493 e. The van der Waals surface area contributed by atoms with Crippen LogP contribution >= 0.6 is 23.1 Å². The van der Waals surface area contributed by atoms with Crippen LogP contribution < -0.4 is 4.74 Å². The first-order chi connectivity index (χ1) is 11.1. The van der Waals surface area contributed by atoms with Crippen molar-refractivity contribution in [2.45, 2.75) is 30.9 Å². The summed E-state index contributed by atoms with van der Waals surface area (Å²) in [4.78, 5) is 9.17. The number of fused-ring (bicyclic) bond motifs is 1. The normalized spacial score (nSPS) is 11.3. The van der Waals surface area contributed by atoms with Crippen LogP contribution in [0.5, 0.6) is 5.75 Å². The van der Waals surface area contributed by atoms with E-state index in [1.165, 1.54) is 4.70 Å². The quantitative estimate of drug-likeness (QED) is 0.566. The average molecular weight is 345 g/mol. The van der Waals surface area contributed by atoms with Gasteiger partial charge in [-0.3, -0.25) is 4.98 Å². The molecule has 0 aliphatic rings. The van der Waals surface area contributed by atoms with Crippen molar-refractivity contribution in [1.29, 1.82) is 0 Å². The van der Waals surface area contributed by atoms with Gasteiger partial charge >= 0.3 is 0 Å². The van der Waals surface area contributed by atoms with Gasteiger partial charge in [0.15, 0.2) is 4.34 Å². The number of thioether (sulfide) groups is 1. The molecule has 0 unspecified atom stereocenters. The Balaban J connectivity index is 1.71. The molecule has 0 aliphatic heterocycles. The summed E-state index contributed by atoms with van der Waals surface area (Å²) in [5.74, 6) is 2.27. The van der Waals surface area contributed by atoms with Gasteiger partial charge in [0.25, 0.3) is 0 Å². The highest BCUT2D eigenvalue weighted by Crippen LogP contribution is 2.32. The van der Waals surface area contributed by atoms with E-state index in [0.29, 0.717) is 5.92 Å². The topological polar surface area (TPSA) is 35.0 Å². The summed E-state index contributed by atoms with van der Waals surface area (Å²) in [6.07, 6.45) is 1.83. The van der Waals surface area contributed by atoms with E-state index in [1.54, 1.807) is 23.1 Å². The highest BCUT2D eigenvalue weighted by molar-refractivity contribution is 8.00. The summed E-state index contributed by atoms with van der Waals surface area (Å²) in [7, 11) is 0. The predicted octanol–water partition coefficient (Wildman–Crippen LogP) is 5.33. The molecule has 2 heterocycles. The molecule has 23 heavy (non-hydrogen) atoms. The molecule has 0 atom stereocenters. The van der Waals surface area contributed by atoms with Crippen molar-refractivity contribution in [3.8, 4) is 5.75 Å². The van der Waals surface area contributed by atoms with Gasteiger partial charge in [-0.2, -0.15) is 0 Å². The number of hydrogen-bond donors (Lipinski definition) is 0. The van der Waals surface area contributed by atoms with Crippen LogP contribution in [0, 0.1) is 12.8 Å². The number of ether oxygens (including phenoxy) is 1. The summed E-state index contributed by atoms with van der Waals surface area (Å²) in [6.45, 7) is 7.12. The molecule has 0 aliphatic carbocycles. The highest BCUT2D eigenvalue weighted by Gasteiger charge is 2.10. The molecule has 3 rings (SSSR count). The fourth-order valence-corrected chi connectivity index (χ4v) is 4.25. The molecule has 0 radical (unpaired) electrons. The van der Waals surface area contributed by atoms with Gasteiger partial charge in [0.05, 0.1) is 22.5 Å². The van der Waals surface area contributed by atoms with Crippen molar-refractivity contribution < 1.29 is 4.74 Å². The highest BCUT2D eigenvalue weighted by atomic mass is 32.2. The Bertz CT molecular complexity index is 766. The molecule has 0 N–H and O–H groups in total.